The minimum absolute atomic E-state index is 0. The Morgan fingerprint density at radius 1 is 1.22 bits per heavy atom. The zero-order chi connectivity index (χ0) is 16.1. The molecule has 23 heavy (non-hydrogen) atoms. The summed E-state index contributed by atoms with van der Waals surface area (Å²) in [6, 6.07) is 5.46. The van der Waals surface area contributed by atoms with Gasteiger partial charge in [-0.1, -0.05) is 13.8 Å². The van der Waals surface area contributed by atoms with Crippen LogP contribution in [0.5, 0.6) is 5.75 Å². The summed E-state index contributed by atoms with van der Waals surface area (Å²) >= 11 is 0. The van der Waals surface area contributed by atoms with Gasteiger partial charge < -0.3 is 13.9 Å². The van der Waals surface area contributed by atoms with Gasteiger partial charge in [0.2, 0.25) is 0 Å². The van der Waals surface area contributed by atoms with Gasteiger partial charge in [-0.25, -0.2) is 4.79 Å². The average molecular weight is 342 g/mol. The quantitative estimate of drug-likeness (QED) is 0.715. The molecule has 0 atom stereocenters. The summed E-state index contributed by atoms with van der Waals surface area (Å²) in [4.78, 5) is 14.5. The number of rotatable bonds is 7. The van der Waals surface area contributed by atoms with Crippen LogP contribution in [-0.2, 0) is 11.3 Å². The van der Waals surface area contributed by atoms with E-state index in [-0.39, 0.29) is 18.4 Å². The first-order valence-electron chi connectivity index (χ1n) is 7.63. The lowest BCUT2D eigenvalue weighted by atomic mass is 10.1. The summed E-state index contributed by atoms with van der Waals surface area (Å²) in [5.41, 5.74) is 1.17. The fourth-order valence-electron chi connectivity index (χ4n) is 2.44. The van der Waals surface area contributed by atoms with Gasteiger partial charge in [-0.2, -0.15) is 0 Å². The monoisotopic (exact) mass is 341 g/mol. The van der Waals surface area contributed by atoms with Crippen molar-refractivity contribution in [2.45, 2.75) is 27.3 Å². The Labute approximate surface area is 142 Å². The van der Waals surface area contributed by atoms with Crippen LogP contribution in [0.15, 0.2) is 22.6 Å². The second-order valence-corrected chi connectivity index (χ2v) is 4.94. The summed E-state index contributed by atoms with van der Waals surface area (Å²) in [6.45, 7) is 8.65. The predicted octanol–water partition coefficient (Wildman–Crippen LogP) is 3.88. The summed E-state index contributed by atoms with van der Waals surface area (Å²) in [5.74, 6) is 0.982. The average Bonchev–Trinajstić information content (AvgIpc) is 2.89. The minimum Gasteiger partial charge on any atom is -0.497 e. The molecule has 0 saturated carbocycles. The fourth-order valence-corrected chi connectivity index (χ4v) is 2.44. The Balaban J connectivity index is 0.00000264. The number of halogens is 1. The Bertz CT molecular complexity index is 649. The number of ether oxygens (including phenoxy) is 2. The zero-order valence-electron chi connectivity index (χ0n) is 14.0. The number of benzene rings is 1. The highest BCUT2D eigenvalue weighted by Crippen LogP contribution is 2.30. The van der Waals surface area contributed by atoms with Crippen molar-refractivity contribution >= 4 is 29.3 Å². The van der Waals surface area contributed by atoms with Crippen molar-refractivity contribution in [3.8, 4) is 5.75 Å². The van der Waals surface area contributed by atoms with E-state index in [9.17, 15) is 4.79 Å². The minimum atomic E-state index is -0.350. The first kappa shape index (κ1) is 19.3. The summed E-state index contributed by atoms with van der Waals surface area (Å²) in [7, 11) is 1.60. The van der Waals surface area contributed by atoms with Gasteiger partial charge in [-0.3, -0.25) is 4.90 Å². The van der Waals surface area contributed by atoms with E-state index in [1.165, 1.54) is 0 Å². The molecule has 0 saturated heterocycles. The van der Waals surface area contributed by atoms with Gasteiger partial charge in [0, 0.05) is 5.39 Å². The Morgan fingerprint density at radius 2 is 1.91 bits per heavy atom. The van der Waals surface area contributed by atoms with E-state index >= 15 is 0 Å². The van der Waals surface area contributed by atoms with Crippen LogP contribution in [0.25, 0.3) is 11.0 Å². The number of furan rings is 1. The maximum absolute atomic E-state index is 12.4. The van der Waals surface area contributed by atoms with E-state index in [1.54, 1.807) is 14.0 Å². The van der Waals surface area contributed by atoms with E-state index in [0.717, 1.165) is 18.5 Å². The molecule has 0 aliphatic rings. The van der Waals surface area contributed by atoms with E-state index in [1.807, 2.05) is 18.2 Å². The van der Waals surface area contributed by atoms with Crippen molar-refractivity contribution < 1.29 is 18.7 Å². The highest BCUT2D eigenvalue weighted by Gasteiger charge is 2.23. The molecule has 0 N–H and O–H groups in total. The molecule has 1 aromatic carbocycles. The summed E-state index contributed by atoms with van der Waals surface area (Å²) < 4.78 is 16.3. The number of esters is 1. The van der Waals surface area contributed by atoms with Crippen molar-refractivity contribution in [3.05, 3.63) is 29.5 Å². The number of hydrogen-bond acceptors (Lipinski definition) is 5. The Hall–Kier alpha value is -1.72. The lowest BCUT2D eigenvalue weighted by Crippen LogP contribution is -2.23. The third-order valence-electron chi connectivity index (χ3n) is 3.71. The highest BCUT2D eigenvalue weighted by atomic mass is 35.5. The molecule has 0 spiro atoms. The van der Waals surface area contributed by atoms with E-state index in [0.29, 0.717) is 35.8 Å². The zero-order valence-corrected chi connectivity index (χ0v) is 14.9. The van der Waals surface area contributed by atoms with Gasteiger partial charge in [-0.15, -0.1) is 12.4 Å². The fraction of sp³-hybridized carbons (Fsp3) is 0.471. The van der Waals surface area contributed by atoms with Crippen molar-refractivity contribution in [1.29, 1.82) is 0 Å². The SMILES string of the molecule is CCOC(=O)c1c(CN(CC)CC)oc2ccc(OC)cc12.Cl. The normalized spacial score (nSPS) is 10.7. The lowest BCUT2D eigenvalue weighted by molar-refractivity contribution is 0.0524. The molecule has 0 unspecified atom stereocenters. The standard InChI is InChI=1S/C17H23NO4.ClH/c1-5-18(6-2)11-15-16(17(19)21-7-3)13-10-12(20-4)8-9-14(13)22-15;/h8-10H,5-7,11H2,1-4H3;1H. The van der Waals surface area contributed by atoms with Gasteiger partial charge in [0.15, 0.2) is 0 Å². The second-order valence-electron chi connectivity index (χ2n) is 4.94. The molecular formula is C17H24ClNO4. The third-order valence-corrected chi connectivity index (χ3v) is 3.71. The van der Waals surface area contributed by atoms with Crippen molar-refractivity contribution in [2.75, 3.05) is 26.8 Å². The van der Waals surface area contributed by atoms with Gasteiger partial charge >= 0.3 is 5.97 Å². The first-order valence-corrected chi connectivity index (χ1v) is 7.63. The second kappa shape index (κ2) is 8.79. The molecular weight excluding hydrogens is 318 g/mol. The summed E-state index contributed by atoms with van der Waals surface area (Å²) in [5, 5.41) is 0.736. The van der Waals surface area contributed by atoms with Crippen LogP contribution in [0.2, 0.25) is 0 Å². The van der Waals surface area contributed by atoms with Crippen LogP contribution in [0.1, 0.15) is 36.9 Å². The van der Waals surface area contributed by atoms with Crippen LogP contribution in [-0.4, -0.2) is 37.7 Å². The van der Waals surface area contributed by atoms with Gasteiger partial charge in [-0.05, 0) is 38.2 Å². The predicted molar refractivity (Wildman–Crippen MR) is 92.6 cm³/mol. The largest absolute Gasteiger partial charge is 0.497 e. The number of fused-ring (bicyclic) bond motifs is 1. The molecule has 0 amide bonds. The number of carbonyl (C=O) groups excluding carboxylic acids is 1. The molecule has 1 aromatic heterocycles. The molecule has 2 aromatic rings. The lowest BCUT2D eigenvalue weighted by Gasteiger charge is -2.16. The Morgan fingerprint density at radius 3 is 2.48 bits per heavy atom. The van der Waals surface area contributed by atoms with Crippen LogP contribution < -0.4 is 4.74 Å². The third kappa shape index (κ3) is 4.18. The van der Waals surface area contributed by atoms with Gasteiger partial charge in [0.05, 0.1) is 20.3 Å². The topological polar surface area (TPSA) is 51.9 Å². The van der Waals surface area contributed by atoms with E-state index in [4.69, 9.17) is 13.9 Å². The molecule has 1 heterocycles. The molecule has 128 valence electrons. The number of carbonyl (C=O) groups is 1. The smallest absolute Gasteiger partial charge is 0.342 e. The van der Waals surface area contributed by atoms with E-state index < -0.39 is 0 Å². The maximum atomic E-state index is 12.4. The number of hydrogen-bond donors (Lipinski definition) is 0. The molecule has 0 aliphatic heterocycles. The van der Waals surface area contributed by atoms with Crippen molar-refractivity contribution in [2.24, 2.45) is 0 Å². The van der Waals surface area contributed by atoms with E-state index in [2.05, 4.69) is 18.7 Å². The Kier molecular flexibility index (Phi) is 7.39. The highest BCUT2D eigenvalue weighted by molar-refractivity contribution is 6.05. The molecule has 0 radical (unpaired) electrons. The first-order chi connectivity index (χ1) is 10.6. The van der Waals surface area contributed by atoms with Crippen LogP contribution in [0.4, 0.5) is 0 Å². The van der Waals surface area contributed by atoms with Crippen LogP contribution in [0, 0.1) is 0 Å². The maximum Gasteiger partial charge on any atom is 0.342 e. The van der Waals surface area contributed by atoms with Crippen LogP contribution >= 0.6 is 12.4 Å². The number of nitrogens with zero attached hydrogens (tertiary/aromatic N) is 1. The molecule has 0 aliphatic carbocycles. The summed E-state index contributed by atoms with van der Waals surface area (Å²) in [6.07, 6.45) is 0. The van der Waals surface area contributed by atoms with Crippen molar-refractivity contribution in [3.63, 3.8) is 0 Å². The molecule has 0 bridgehead atoms. The molecule has 0 fully saturated rings. The molecule has 2 rings (SSSR count). The van der Waals surface area contributed by atoms with Crippen LogP contribution in [0.3, 0.4) is 0 Å². The number of methoxy groups -OCH3 is 1. The van der Waals surface area contributed by atoms with Gasteiger partial charge in [0.25, 0.3) is 0 Å². The molecule has 6 heteroatoms. The van der Waals surface area contributed by atoms with Gasteiger partial charge in [0.1, 0.15) is 22.7 Å². The molecule has 5 nitrogen and oxygen atoms in total. The van der Waals surface area contributed by atoms with Crippen molar-refractivity contribution in [1.82, 2.24) is 4.90 Å².